The number of morpholine rings is 1. The zero-order valence-corrected chi connectivity index (χ0v) is 13.1. The lowest BCUT2D eigenvalue weighted by atomic mass is 10.1. The molecule has 1 N–H and O–H groups in total. The number of benzene rings is 1. The van der Waals surface area contributed by atoms with Gasteiger partial charge in [-0.3, -0.25) is 19.7 Å². The highest BCUT2D eigenvalue weighted by molar-refractivity contribution is 5.95. The van der Waals surface area contributed by atoms with E-state index in [0.29, 0.717) is 6.54 Å². The molecular weight excluding hydrogens is 320 g/mol. The van der Waals surface area contributed by atoms with Gasteiger partial charge in [-0.25, -0.2) is 0 Å². The minimum Gasteiger partial charge on any atom is -0.487 e. The summed E-state index contributed by atoms with van der Waals surface area (Å²) in [4.78, 5) is 35.3. The Hall–Kier alpha value is -2.68. The molecule has 1 unspecified atom stereocenters. The maximum atomic E-state index is 12.5. The Morgan fingerprint density at radius 3 is 2.88 bits per heavy atom. The fourth-order valence-electron chi connectivity index (χ4n) is 2.48. The maximum Gasteiger partial charge on any atom is 0.311 e. The van der Waals surface area contributed by atoms with Gasteiger partial charge in [0, 0.05) is 24.7 Å². The van der Waals surface area contributed by atoms with Crippen molar-refractivity contribution in [3.05, 3.63) is 33.9 Å². The van der Waals surface area contributed by atoms with Crippen molar-refractivity contribution in [2.75, 3.05) is 26.3 Å². The number of nitrogens with zero attached hydrogens (tertiary/aromatic N) is 2. The Balaban J connectivity index is 2.18. The summed E-state index contributed by atoms with van der Waals surface area (Å²) in [5.41, 5.74) is -0.126. The molecule has 1 atom stereocenters. The predicted molar refractivity (Wildman–Crippen MR) is 82.2 cm³/mol. The van der Waals surface area contributed by atoms with Crippen LogP contribution in [0.4, 0.5) is 5.69 Å². The van der Waals surface area contributed by atoms with Crippen molar-refractivity contribution >= 4 is 17.6 Å². The Labute approximate surface area is 137 Å². The van der Waals surface area contributed by atoms with Gasteiger partial charge in [0.1, 0.15) is 0 Å². The smallest absolute Gasteiger partial charge is 0.311 e. The first-order valence-electron chi connectivity index (χ1n) is 7.46. The van der Waals surface area contributed by atoms with Crippen LogP contribution in [0, 0.1) is 10.1 Å². The molecule has 130 valence electrons. The molecular formula is C15H18N2O7. The van der Waals surface area contributed by atoms with E-state index in [4.69, 9.17) is 14.6 Å². The summed E-state index contributed by atoms with van der Waals surface area (Å²) in [5, 5.41) is 20.0. The fourth-order valence-corrected chi connectivity index (χ4v) is 2.48. The average molecular weight is 338 g/mol. The molecule has 1 aliphatic rings. The van der Waals surface area contributed by atoms with E-state index in [-0.39, 0.29) is 43.2 Å². The van der Waals surface area contributed by atoms with Crippen LogP contribution < -0.4 is 4.74 Å². The predicted octanol–water partition coefficient (Wildman–Crippen LogP) is 1.31. The molecule has 1 aromatic carbocycles. The molecule has 1 saturated heterocycles. The van der Waals surface area contributed by atoms with Crippen LogP contribution in [0.2, 0.25) is 0 Å². The van der Waals surface area contributed by atoms with Gasteiger partial charge in [0.05, 0.1) is 30.7 Å². The van der Waals surface area contributed by atoms with Crippen LogP contribution in [-0.2, 0) is 9.53 Å². The van der Waals surface area contributed by atoms with Crippen LogP contribution in [0.3, 0.4) is 0 Å². The molecule has 0 radical (unpaired) electrons. The molecule has 1 amide bonds. The van der Waals surface area contributed by atoms with Crippen molar-refractivity contribution in [2.45, 2.75) is 19.4 Å². The van der Waals surface area contributed by atoms with E-state index in [1.54, 1.807) is 6.92 Å². The lowest BCUT2D eigenvalue weighted by molar-refractivity contribution is -0.385. The highest BCUT2D eigenvalue weighted by Gasteiger charge is 2.28. The first-order valence-corrected chi connectivity index (χ1v) is 7.46. The average Bonchev–Trinajstić information content (AvgIpc) is 2.54. The number of carbonyl (C=O) groups is 2. The molecule has 1 heterocycles. The van der Waals surface area contributed by atoms with Crippen LogP contribution in [0.25, 0.3) is 0 Å². The van der Waals surface area contributed by atoms with Crippen LogP contribution in [0.1, 0.15) is 23.7 Å². The summed E-state index contributed by atoms with van der Waals surface area (Å²) < 4.78 is 10.5. The van der Waals surface area contributed by atoms with Crippen LogP contribution in [0.5, 0.6) is 5.75 Å². The second-order valence-electron chi connectivity index (χ2n) is 5.21. The van der Waals surface area contributed by atoms with Gasteiger partial charge >= 0.3 is 11.7 Å². The lowest BCUT2D eigenvalue weighted by Crippen LogP contribution is -2.46. The van der Waals surface area contributed by atoms with Gasteiger partial charge in [0.25, 0.3) is 5.91 Å². The number of nitro benzene ring substituents is 1. The van der Waals surface area contributed by atoms with Gasteiger partial charge in [0.2, 0.25) is 0 Å². The molecule has 1 aliphatic heterocycles. The Morgan fingerprint density at radius 1 is 1.50 bits per heavy atom. The summed E-state index contributed by atoms with van der Waals surface area (Å²) >= 11 is 0. The van der Waals surface area contributed by atoms with Crippen LogP contribution in [0.15, 0.2) is 18.2 Å². The minimum atomic E-state index is -1.01. The minimum absolute atomic E-state index is 0.102. The number of carboxylic acid groups (broad SMARTS) is 1. The van der Waals surface area contributed by atoms with E-state index in [1.165, 1.54) is 23.1 Å². The van der Waals surface area contributed by atoms with Gasteiger partial charge in [-0.05, 0) is 19.1 Å². The second-order valence-corrected chi connectivity index (χ2v) is 5.21. The summed E-state index contributed by atoms with van der Waals surface area (Å²) in [5.74, 6) is -1.31. The summed E-state index contributed by atoms with van der Waals surface area (Å²) in [7, 11) is 0. The Kier molecular flexibility index (Phi) is 5.69. The number of carbonyl (C=O) groups excluding carboxylic acids is 1. The highest BCUT2D eigenvalue weighted by Crippen LogP contribution is 2.28. The maximum absolute atomic E-state index is 12.5. The molecule has 24 heavy (non-hydrogen) atoms. The largest absolute Gasteiger partial charge is 0.487 e. The van der Waals surface area contributed by atoms with E-state index in [9.17, 15) is 19.7 Å². The van der Waals surface area contributed by atoms with Gasteiger partial charge in [-0.1, -0.05) is 0 Å². The van der Waals surface area contributed by atoms with Gasteiger partial charge in [-0.15, -0.1) is 0 Å². The van der Waals surface area contributed by atoms with E-state index in [0.717, 1.165) is 0 Å². The Morgan fingerprint density at radius 2 is 2.25 bits per heavy atom. The third kappa shape index (κ3) is 4.19. The van der Waals surface area contributed by atoms with E-state index >= 15 is 0 Å². The molecule has 2 rings (SSSR count). The van der Waals surface area contributed by atoms with Crippen LogP contribution in [-0.4, -0.2) is 59.2 Å². The quantitative estimate of drug-likeness (QED) is 0.613. The number of hydrogen-bond acceptors (Lipinski definition) is 6. The second kappa shape index (κ2) is 7.73. The van der Waals surface area contributed by atoms with Gasteiger partial charge < -0.3 is 19.5 Å². The Bertz CT molecular complexity index is 647. The van der Waals surface area contributed by atoms with Crippen molar-refractivity contribution in [1.82, 2.24) is 4.90 Å². The number of nitro groups is 1. The molecule has 9 heteroatoms. The standard InChI is InChI=1S/C15H18N2O7/c1-2-23-13-4-3-10(7-12(13)17(21)22)15(20)16-5-6-24-11(9-16)8-14(18)19/h3-4,7,11H,2,5-6,8-9H2,1H3,(H,18,19). The molecule has 0 bridgehead atoms. The van der Waals surface area contributed by atoms with Gasteiger partial charge in [-0.2, -0.15) is 0 Å². The SMILES string of the molecule is CCOc1ccc(C(=O)N2CCOC(CC(=O)O)C2)cc1[N+](=O)[O-]. The molecule has 9 nitrogen and oxygen atoms in total. The van der Waals surface area contributed by atoms with E-state index in [1.807, 2.05) is 0 Å². The zero-order chi connectivity index (χ0) is 17.7. The highest BCUT2D eigenvalue weighted by atomic mass is 16.6. The number of carboxylic acids is 1. The third-order valence-corrected chi connectivity index (χ3v) is 3.53. The van der Waals surface area contributed by atoms with Gasteiger partial charge in [0.15, 0.2) is 5.75 Å². The van der Waals surface area contributed by atoms with E-state index in [2.05, 4.69) is 0 Å². The van der Waals surface area contributed by atoms with Crippen molar-refractivity contribution in [2.24, 2.45) is 0 Å². The zero-order valence-electron chi connectivity index (χ0n) is 13.1. The van der Waals surface area contributed by atoms with Crippen molar-refractivity contribution in [3.8, 4) is 5.75 Å². The number of hydrogen-bond donors (Lipinski definition) is 1. The topological polar surface area (TPSA) is 119 Å². The third-order valence-electron chi connectivity index (χ3n) is 3.53. The first-order chi connectivity index (χ1) is 11.4. The van der Waals surface area contributed by atoms with Crippen molar-refractivity contribution in [1.29, 1.82) is 0 Å². The number of amides is 1. The summed E-state index contributed by atoms with van der Waals surface area (Å²) in [6.45, 7) is 2.64. The van der Waals surface area contributed by atoms with Crippen LogP contribution >= 0.6 is 0 Å². The van der Waals surface area contributed by atoms with E-state index < -0.39 is 22.9 Å². The molecule has 0 spiro atoms. The summed E-state index contributed by atoms with van der Waals surface area (Å²) in [6.07, 6.45) is -0.786. The molecule has 1 aromatic rings. The summed E-state index contributed by atoms with van der Waals surface area (Å²) in [6, 6.07) is 4.03. The molecule has 1 fully saturated rings. The van der Waals surface area contributed by atoms with Crippen molar-refractivity contribution < 1.29 is 29.1 Å². The lowest BCUT2D eigenvalue weighted by Gasteiger charge is -2.32. The number of rotatable bonds is 6. The number of aliphatic carboxylic acids is 1. The molecule has 0 aromatic heterocycles. The first kappa shape index (κ1) is 17.7. The fraction of sp³-hybridized carbons (Fsp3) is 0.467. The van der Waals surface area contributed by atoms with Crippen molar-refractivity contribution in [3.63, 3.8) is 0 Å². The molecule has 0 aliphatic carbocycles. The molecule has 0 saturated carbocycles. The monoisotopic (exact) mass is 338 g/mol. The normalized spacial score (nSPS) is 17.4. The number of ether oxygens (including phenoxy) is 2.